The molecule has 0 radical (unpaired) electrons. The number of rotatable bonds is 5. The van der Waals surface area contributed by atoms with E-state index in [1.54, 1.807) is 41.5 Å². The molecule has 0 aliphatic heterocycles. The summed E-state index contributed by atoms with van der Waals surface area (Å²) >= 11 is 0. The van der Waals surface area contributed by atoms with Gasteiger partial charge in [-0.2, -0.15) is 0 Å². The van der Waals surface area contributed by atoms with Gasteiger partial charge in [0, 0.05) is 7.11 Å². The van der Waals surface area contributed by atoms with Gasteiger partial charge in [-0.1, -0.05) is 0 Å². The minimum absolute atomic E-state index is 0.191. The quantitative estimate of drug-likeness (QED) is 0.611. The van der Waals surface area contributed by atoms with E-state index in [-0.39, 0.29) is 6.10 Å². The normalized spacial score (nSPS) is 17.6. The zero-order valence-electron chi connectivity index (χ0n) is 11.7. The molecule has 0 aliphatic rings. The van der Waals surface area contributed by atoms with Crippen molar-refractivity contribution in [2.45, 2.75) is 58.8 Å². The standard InChI is InChI=1S/C11H24NO4P/c1-8(2)16-10(13)9(3)12-17(14,15-7)11(4,5)6/h8-9H,1-7H3,(H,12,14)/t9-,17?/m0/s1. The van der Waals surface area contributed by atoms with E-state index in [0.29, 0.717) is 0 Å². The number of nitrogens with one attached hydrogen (secondary N) is 1. The van der Waals surface area contributed by atoms with E-state index >= 15 is 0 Å². The van der Waals surface area contributed by atoms with E-state index in [1.165, 1.54) is 7.11 Å². The molecule has 0 spiro atoms. The van der Waals surface area contributed by atoms with Gasteiger partial charge in [0.25, 0.3) is 7.52 Å². The molecule has 5 nitrogen and oxygen atoms in total. The molecule has 0 aromatic carbocycles. The second kappa shape index (κ2) is 5.98. The average molecular weight is 265 g/mol. The van der Waals surface area contributed by atoms with Gasteiger partial charge in [-0.15, -0.1) is 0 Å². The lowest BCUT2D eigenvalue weighted by molar-refractivity contribution is -0.149. The van der Waals surface area contributed by atoms with Crippen molar-refractivity contribution in [3.05, 3.63) is 0 Å². The van der Waals surface area contributed by atoms with Crippen LogP contribution in [0.15, 0.2) is 0 Å². The Labute approximate surface area is 104 Å². The van der Waals surface area contributed by atoms with Crippen molar-refractivity contribution in [3.8, 4) is 0 Å². The van der Waals surface area contributed by atoms with Crippen LogP contribution in [0.4, 0.5) is 0 Å². The van der Waals surface area contributed by atoms with E-state index < -0.39 is 24.7 Å². The Morgan fingerprint density at radius 1 is 1.24 bits per heavy atom. The van der Waals surface area contributed by atoms with Crippen LogP contribution in [-0.2, 0) is 18.6 Å². The SMILES string of the molecule is COP(=O)(N[C@@H](C)C(=O)OC(C)C)C(C)(C)C. The molecular weight excluding hydrogens is 241 g/mol. The minimum atomic E-state index is -3.09. The summed E-state index contributed by atoms with van der Waals surface area (Å²) < 4.78 is 22.6. The fraction of sp³-hybridized carbons (Fsp3) is 0.909. The van der Waals surface area contributed by atoms with E-state index in [1.807, 2.05) is 0 Å². The molecule has 0 amide bonds. The molecule has 0 aliphatic carbocycles. The molecule has 1 unspecified atom stereocenters. The van der Waals surface area contributed by atoms with Crippen LogP contribution in [0.1, 0.15) is 41.5 Å². The number of carbonyl (C=O) groups excluding carboxylic acids is 1. The van der Waals surface area contributed by atoms with Gasteiger partial charge in [0.1, 0.15) is 6.04 Å². The maximum absolute atomic E-state index is 12.5. The molecule has 0 saturated carbocycles. The van der Waals surface area contributed by atoms with Crippen LogP contribution < -0.4 is 5.09 Å². The Morgan fingerprint density at radius 2 is 1.71 bits per heavy atom. The first-order chi connectivity index (χ1) is 7.53. The second-order valence-corrected chi connectivity index (χ2v) is 8.31. The summed E-state index contributed by atoms with van der Waals surface area (Å²) in [4.78, 5) is 11.6. The molecule has 2 atom stereocenters. The van der Waals surface area contributed by atoms with Crippen molar-refractivity contribution in [1.82, 2.24) is 5.09 Å². The largest absolute Gasteiger partial charge is 0.462 e. The highest BCUT2D eigenvalue weighted by Gasteiger charge is 2.39. The van der Waals surface area contributed by atoms with E-state index in [2.05, 4.69) is 5.09 Å². The highest BCUT2D eigenvalue weighted by molar-refractivity contribution is 7.58. The third-order valence-electron chi connectivity index (χ3n) is 2.21. The second-order valence-electron chi connectivity index (χ2n) is 5.24. The Kier molecular flexibility index (Phi) is 5.85. The molecule has 0 bridgehead atoms. The van der Waals surface area contributed by atoms with E-state index in [0.717, 1.165) is 0 Å². The van der Waals surface area contributed by atoms with Gasteiger partial charge in [0.05, 0.1) is 11.3 Å². The lowest BCUT2D eigenvalue weighted by Crippen LogP contribution is -2.39. The first kappa shape index (κ1) is 16.6. The zero-order valence-corrected chi connectivity index (χ0v) is 12.6. The molecule has 0 saturated heterocycles. The summed E-state index contributed by atoms with van der Waals surface area (Å²) in [6, 6.07) is -0.664. The van der Waals surface area contributed by atoms with Crippen molar-refractivity contribution in [3.63, 3.8) is 0 Å². The van der Waals surface area contributed by atoms with Gasteiger partial charge in [-0.05, 0) is 41.5 Å². The smallest absolute Gasteiger partial charge is 0.323 e. The summed E-state index contributed by atoms with van der Waals surface area (Å²) in [7, 11) is -1.71. The Bertz CT molecular complexity index is 309. The first-order valence-corrected chi connectivity index (χ1v) is 7.30. The van der Waals surface area contributed by atoms with Crippen molar-refractivity contribution >= 4 is 13.5 Å². The summed E-state index contributed by atoms with van der Waals surface area (Å²) in [6.45, 7) is 10.5. The van der Waals surface area contributed by atoms with Crippen LogP contribution >= 0.6 is 7.52 Å². The summed E-state index contributed by atoms with van der Waals surface area (Å²) in [5.41, 5.74) is 0. The van der Waals surface area contributed by atoms with Crippen molar-refractivity contribution in [2.75, 3.05) is 7.11 Å². The number of ether oxygens (including phenoxy) is 1. The maximum atomic E-state index is 12.5. The third-order valence-corrected chi connectivity index (χ3v) is 5.22. The number of carbonyl (C=O) groups is 1. The van der Waals surface area contributed by atoms with Crippen LogP contribution in [-0.4, -0.2) is 30.4 Å². The van der Waals surface area contributed by atoms with E-state index in [4.69, 9.17) is 9.26 Å². The maximum Gasteiger partial charge on any atom is 0.323 e. The summed E-state index contributed by atoms with van der Waals surface area (Å²) in [6.07, 6.45) is -0.191. The average Bonchev–Trinajstić information content (AvgIpc) is 2.14. The van der Waals surface area contributed by atoms with E-state index in [9.17, 15) is 9.36 Å². The highest BCUT2D eigenvalue weighted by Crippen LogP contribution is 2.54. The molecule has 102 valence electrons. The highest BCUT2D eigenvalue weighted by atomic mass is 31.2. The predicted octanol–water partition coefficient (Wildman–Crippen LogP) is 2.55. The first-order valence-electron chi connectivity index (χ1n) is 5.67. The van der Waals surface area contributed by atoms with Crippen LogP contribution in [0.2, 0.25) is 0 Å². The van der Waals surface area contributed by atoms with Crippen molar-refractivity contribution in [1.29, 1.82) is 0 Å². The van der Waals surface area contributed by atoms with Gasteiger partial charge < -0.3 is 9.26 Å². The Morgan fingerprint density at radius 3 is 2.00 bits per heavy atom. The summed E-state index contributed by atoms with van der Waals surface area (Å²) in [5, 5.41) is 2.17. The molecule has 0 heterocycles. The van der Waals surface area contributed by atoms with Gasteiger partial charge >= 0.3 is 5.97 Å². The fourth-order valence-electron chi connectivity index (χ4n) is 1.16. The lowest BCUT2D eigenvalue weighted by Gasteiger charge is -2.31. The topological polar surface area (TPSA) is 64.6 Å². The van der Waals surface area contributed by atoms with Crippen LogP contribution in [0.5, 0.6) is 0 Å². The molecular formula is C11H24NO4P. The lowest BCUT2D eigenvalue weighted by atomic mass is 10.3. The Hall–Kier alpha value is -0.380. The van der Waals surface area contributed by atoms with Crippen molar-refractivity contribution in [2.24, 2.45) is 0 Å². The summed E-state index contributed by atoms with van der Waals surface area (Å²) in [5.74, 6) is -0.429. The third kappa shape index (κ3) is 4.78. The minimum Gasteiger partial charge on any atom is -0.462 e. The van der Waals surface area contributed by atoms with Gasteiger partial charge in [0.2, 0.25) is 0 Å². The number of hydrogen-bond acceptors (Lipinski definition) is 4. The molecule has 1 N–H and O–H groups in total. The zero-order chi connectivity index (χ0) is 13.9. The van der Waals surface area contributed by atoms with Gasteiger partial charge in [-0.25, -0.2) is 5.09 Å². The van der Waals surface area contributed by atoms with Crippen LogP contribution in [0, 0.1) is 0 Å². The number of hydrogen-bond donors (Lipinski definition) is 1. The van der Waals surface area contributed by atoms with Gasteiger partial charge in [-0.3, -0.25) is 9.36 Å². The van der Waals surface area contributed by atoms with Crippen molar-refractivity contribution < 1.29 is 18.6 Å². The molecule has 0 aromatic rings. The van der Waals surface area contributed by atoms with Gasteiger partial charge in [0.15, 0.2) is 0 Å². The van der Waals surface area contributed by atoms with Crippen LogP contribution in [0.3, 0.4) is 0 Å². The van der Waals surface area contributed by atoms with Crippen LogP contribution in [0.25, 0.3) is 0 Å². The molecule has 0 rings (SSSR count). The number of esters is 1. The molecule has 17 heavy (non-hydrogen) atoms. The Balaban J connectivity index is 4.71. The molecule has 0 aromatic heterocycles. The monoisotopic (exact) mass is 265 g/mol. The molecule has 6 heteroatoms. The molecule has 0 fully saturated rings. The fourth-order valence-corrected chi connectivity index (χ4v) is 2.82. The predicted molar refractivity (Wildman–Crippen MR) is 68.2 cm³/mol.